The van der Waals surface area contributed by atoms with Crippen LogP contribution in [0.5, 0.6) is 0 Å². The number of aliphatic carboxylic acids is 1. The maximum atomic E-state index is 11.2. The standard InChI is InChI=1S/C10H17NO5S/c1-3-16-10(15)7(2)17-5-4-8(9(13)14)11-6-12/h6-8H,3-5H2,1-2H3,(H,11,12)(H,13,14). The molecule has 98 valence electrons. The summed E-state index contributed by atoms with van der Waals surface area (Å²) in [7, 11) is 0. The zero-order valence-electron chi connectivity index (χ0n) is 9.84. The fourth-order valence-electron chi connectivity index (χ4n) is 1.05. The van der Waals surface area contributed by atoms with Gasteiger partial charge in [0.05, 0.1) is 11.9 Å². The largest absolute Gasteiger partial charge is 0.480 e. The van der Waals surface area contributed by atoms with Crippen LogP contribution in [0.2, 0.25) is 0 Å². The summed E-state index contributed by atoms with van der Waals surface area (Å²) >= 11 is 1.30. The Bertz CT molecular complexity index is 271. The molecule has 0 saturated carbocycles. The number of nitrogens with one attached hydrogen (secondary N) is 1. The topological polar surface area (TPSA) is 92.7 Å². The van der Waals surface area contributed by atoms with E-state index in [1.54, 1.807) is 13.8 Å². The third-order valence-corrected chi connectivity index (χ3v) is 3.12. The molecule has 0 heterocycles. The summed E-state index contributed by atoms with van der Waals surface area (Å²) in [6.07, 6.45) is 0.626. The lowest BCUT2D eigenvalue weighted by molar-refractivity contribution is -0.142. The first-order valence-corrected chi connectivity index (χ1v) is 6.28. The van der Waals surface area contributed by atoms with Crippen LogP contribution in [0.25, 0.3) is 0 Å². The van der Waals surface area contributed by atoms with E-state index in [0.717, 1.165) is 0 Å². The van der Waals surface area contributed by atoms with Gasteiger partial charge >= 0.3 is 11.9 Å². The SMILES string of the molecule is CCOC(=O)C(C)SCCC(NC=O)C(=O)O. The smallest absolute Gasteiger partial charge is 0.326 e. The van der Waals surface area contributed by atoms with Gasteiger partial charge in [-0.25, -0.2) is 4.79 Å². The number of thioether (sulfide) groups is 1. The third kappa shape index (κ3) is 6.83. The van der Waals surface area contributed by atoms with Crippen molar-refractivity contribution in [1.29, 1.82) is 0 Å². The van der Waals surface area contributed by atoms with Crippen molar-refractivity contribution in [3.8, 4) is 0 Å². The lowest BCUT2D eigenvalue weighted by Gasteiger charge is -2.13. The van der Waals surface area contributed by atoms with Gasteiger partial charge in [0.2, 0.25) is 6.41 Å². The van der Waals surface area contributed by atoms with E-state index in [-0.39, 0.29) is 17.6 Å². The average molecular weight is 263 g/mol. The molecule has 2 unspecified atom stereocenters. The molecule has 0 spiro atoms. The van der Waals surface area contributed by atoms with Gasteiger partial charge in [-0.1, -0.05) is 0 Å². The molecule has 7 heteroatoms. The molecule has 0 saturated heterocycles. The van der Waals surface area contributed by atoms with E-state index in [9.17, 15) is 14.4 Å². The van der Waals surface area contributed by atoms with E-state index in [4.69, 9.17) is 9.84 Å². The monoisotopic (exact) mass is 263 g/mol. The number of carboxylic acid groups (broad SMARTS) is 1. The van der Waals surface area contributed by atoms with Gasteiger partial charge in [-0.15, -0.1) is 11.8 Å². The molecule has 2 N–H and O–H groups in total. The zero-order valence-corrected chi connectivity index (χ0v) is 10.7. The highest BCUT2D eigenvalue weighted by molar-refractivity contribution is 8.00. The molecule has 0 aliphatic heterocycles. The second-order valence-corrected chi connectivity index (χ2v) is 4.68. The van der Waals surface area contributed by atoms with Crippen LogP contribution in [0.3, 0.4) is 0 Å². The van der Waals surface area contributed by atoms with Gasteiger partial charge in [0, 0.05) is 0 Å². The average Bonchev–Trinajstić information content (AvgIpc) is 2.27. The van der Waals surface area contributed by atoms with Crippen molar-refractivity contribution in [2.24, 2.45) is 0 Å². The van der Waals surface area contributed by atoms with Crippen molar-refractivity contribution < 1.29 is 24.2 Å². The molecule has 0 aliphatic carbocycles. The fraction of sp³-hybridized carbons (Fsp3) is 0.700. The van der Waals surface area contributed by atoms with Crippen LogP contribution in [0, 0.1) is 0 Å². The van der Waals surface area contributed by atoms with Gasteiger partial charge < -0.3 is 15.2 Å². The normalized spacial score (nSPS) is 13.5. The molecule has 17 heavy (non-hydrogen) atoms. The summed E-state index contributed by atoms with van der Waals surface area (Å²) in [5, 5.41) is 10.6. The van der Waals surface area contributed by atoms with Crippen LogP contribution < -0.4 is 5.32 Å². The summed E-state index contributed by atoms with van der Waals surface area (Å²) in [6.45, 7) is 3.75. The Labute approximate surface area is 104 Å². The van der Waals surface area contributed by atoms with Crippen molar-refractivity contribution in [1.82, 2.24) is 5.32 Å². The fourth-order valence-corrected chi connectivity index (χ4v) is 1.98. The van der Waals surface area contributed by atoms with E-state index >= 15 is 0 Å². The van der Waals surface area contributed by atoms with Crippen molar-refractivity contribution in [3.05, 3.63) is 0 Å². The van der Waals surface area contributed by atoms with Crippen molar-refractivity contribution in [2.45, 2.75) is 31.6 Å². The third-order valence-electron chi connectivity index (χ3n) is 1.96. The van der Waals surface area contributed by atoms with Gasteiger partial charge in [-0.3, -0.25) is 9.59 Å². The van der Waals surface area contributed by atoms with Crippen LogP contribution in [0.4, 0.5) is 0 Å². The van der Waals surface area contributed by atoms with Gasteiger partial charge in [0.25, 0.3) is 0 Å². The Morgan fingerprint density at radius 1 is 1.53 bits per heavy atom. The Morgan fingerprint density at radius 2 is 2.18 bits per heavy atom. The molecule has 0 aromatic carbocycles. The van der Waals surface area contributed by atoms with E-state index < -0.39 is 12.0 Å². The first-order chi connectivity index (χ1) is 8.02. The summed E-state index contributed by atoms with van der Waals surface area (Å²) in [5.74, 6) is -0.938. The van der Waals surface area contributed by atoms with Crippen LogP contribution in [0.15, 0.2) is 0 Å². The highest BCUT2D eigenvalue weighted by Crippen LogP contribution is 2.14. The molecule has 0 radical (unpaired) electrons. The molecule has 0 aliphatic rings. The van der Waals surface area contributed by atoms with Gasteiger partial charge in [0.15, 0.2) is 0 Å². The molecule has 6 nitrogen and oxygen atoms in total. The molecule has 2 atom stereocenters. The Kier molecular flexibility index (Phi) is 8.21. The number of esters is 1. The molecule has 0 aromatic rings. The summed E-state index contributed by atoms with van der Waals surface area (Å²) in [5.41, 5.74) is 0. The van der Waals surface area contributed by atoms with Crippen molar-refractivity contribution in [3.63, 3.8) is 0 Å². The van der Waals surface area contributed by atoms with Crippen molar-refractivity contribution in [2.75, 3.05) is 12.4 Å². The van der Waals surface area contributed by atoms with E-state index in [0.29, 0.717) is 18.8 Å². The summed E-state index contributed by atoms with van der Waals surface area (Å²) < 4.78 is 4.81. The number of carbonyl (C=O) groups is 3. The van der Waals surface area contributed by atoms with E-state index in [1.165, 1.54) is 11.8 Å². The van der Waals surface area contributed by atoms with Crippen LogP contribution in [0.1, 0.15) is 20.3 Å². The lowest BCUT2D eigenvalue weighted by atomic mass is 10.2. The van der Waals surface area contributed by atoms with Crippen molar-refractivity contribution >= 4 is 30.1 Å². The maximum absolute atomic E-state index is 11.2. The number of carbonyl (C=O) groups excluding carboxylic acids is 2. The quantitative estimate of drug-likeness (QED) is 0.458. The molecular formula is C10H17NO5S. The zero-order chi connectivity index (χ0) is 13.3. The molecule has 0 aromatic heterocycles. The second kappa shape index (κ2) is 8.86. The Balaban J connectivity index is 3.91. The van der Waals surface area contributed by atoms with Gasteiger partial charge in [-0.2, -0.15) is 0 Å². The maximum Gasteiger partial charge on any atom is 0.326 e. The van der Waals surface area contributed by atoms with Crippen LogP contribution in [-0.4, -0.2) is 47.1 Å². The highest BCUT2D eigenvalue weighted by Gasteiger charge is 2.18. The Morgan fingerprint density at radius 3 is 2.65 bits per heavy atom. The minimum absolute atomic E-state index is 0.266. The molecular weight excluding hydrogens is 246 g/mol. The predicted molar refractivity (Wildman–Crippen MR) is 63.8 cm³/mol. The number of ether oxygens (including phenoxy) is 1. The highest BCUT2D eigenvalue weighted by atomic mass is 32.2. The number of hydrogen-bond acceptors (Lipinski definition) is 5. The number of hydrogen-bond donors (Lipinski definition) is 2. The van der Waals surface area contributed by atoms with E-state index in [2.05, 4.69) is 5.32 Å². The molecule has 1 amide bonds. The van der Waals surface area contributed by atoms with Crippen LogP contribution in [-0.2, 0) is 19.1 Å². The summed E-state index contributed by atoms with van der Waals surface area (Å²) in [6, 6.07) is -0.908. The minimum atomic E-state index is -1.08. The van der Waals surface area contributed by atoms with Gasteiger partial charge in [-0.05, 0) is 26.0 Å². The summed E-state index contributed by atoms with van der Waals surface area (Å²) in [4.78, 5) is 32.1. The lowest BCUT2D eigenvalue weighted by Crippen LogP contribution is -2.36. The molecule has 0 fully saturated rings. The first-order valence-electron chi connectivity index (χ1n) is 5.23. The second-order valence-electron chi connectivity index (χ2n) is 3.23. The minimum Gasteiger partial charge on any atom is -0.480 e. The molecule has 0 bridgehead atoms. The van der Waals surface area contributed by atoms with E-state index in [1.807, 2.05) is 0 Å². The first kappa shape index (κ1) is 15.8. The number of carboxylic acids is 1. The van der Waals surface area contributed by atoms with Crippen LogP contribution >= 0.6 is 11.8 Å². The Hall–Kier alpha value is -1.24. The molecule has 0 rings (SSSR count). The predicted octanol–water partition coefficient (Wildman–Crippen LogP) is 0.260. The van der Waals surface area contributed by atoms with Gasteiger partial charge in [0.1, 0.15) is 6.04 Å². The number of rotatable bonds is 9. The number of amides is 1.